The number of aromatic nitrogens is 4. The second kappa shape index (κ2) is 9.02. The van der Waals surface area contributed by atoms with Gasteiger partial charge in [-0.1, -0.05) is 23.2 Å². The average Bonchev–Trinajstić information content (AvgIpc) is 3.11. The number of aryl methyl sites for hydroxylation is 1. The number of nitrogens with one attached hydrogen (secondary N) is 1. The first-order chi connectivity index (χ1) is 15.4. The molecule has 0 spiro atoms. The van der Waals surface area contributed by atoms with Crippen LogP contribution in [0.3, 0.4) is 0 Å². The molecule has 3 heterocycles. The molecule has 1 aromatic carbocycles. The van der Waals surface area contributed by atoms with Crippen LogP contribution in [0.5, 0.6) is 11.5 Å². The summed E-state index contributed by atoms with van der Waals surface area (Å²) in [6.07, 6.45) is 3.07. The molecule has 164 valence electrons. The van der Waals surface area contributed by atoms with Gasteiger partial charge in [-0.3, -0.25) is 9.78 Å². The topological polar surface area (TPSA) is 91.2 Å². The Morgan fingerprint density at radius 2 is 1.84 bits per heavy atom. The fourth-order valence-corrected chi connectivity index (χ4v) is 3.86. The minimum absolute atomic E-state index is 0.244. The van der Waals surface area contributed by atoms with E-state index in [9.17, 15) is 4.79 Å². The van der Waals surface area contributed by atoms with E-state index in [1.54, 1.807) is 55.4 Å². The van der Waals surface area contributed by atoms with Crippen LogP contribution in [-0.4, -0.2) is 39.9 Å². The maximum Gasteiger partial charge on any atom is 0.258 e. The van der Waals surface area contributed by atoms with E-state index < -0.39 is 0 Å². The standard InChI is InChI=1S/C22H19Cl2N5O3/c1-12-18-19(24)15(22(30)27-14-6-4-13(23)5-7-14)10-26-21(18)29(28-12)11-16-20(32-3)17(31-2)8-9-25-16/h4-10H,11H2,1-3H3,(H,27,30). The Labute approximate surface area is 194 Å². The highest BCUT2D eigenvalue weighted by Gasteiger charge is 2.21. The van der Waals surface area contributed by atoms with Crippen molar-refractivity contribution in [3.8, 4) is 11.5 Å². The number of carbonyl (C=O) groups is 1. The Balaban J connectivity index is 1.69. The third kappa shape index (κ3) is 4.06. The van der Waals surface area contributed by atoms with Gasteiger partial charge in [0.2, 0.25) is 0 Å². The molecular weight excluding hydrogens is 453 g/mol. The van der Waals surface area contributed by atoms with Gasteiger partial charge in [-0.15, -0.1) is 0 Å². The number of fused-ring (bicyclic) bond motifs is 1. The summed E-state index contributed by atoms with van der Waals surface area (Å²) in [5.74, 6) is 0.703. The molecule has 4 rings (SSSR count). The summed E-state index contributed by atoms with van der Waals surface area (Å²) in [4.78, 5) is 21.6. The van der Waals surface area contributed by atoms with Crippen molar-refractivity contribution < 1.29 is 14.3 Å². The monoisotopic (exact) mass is 471 g/mol. The highest BCUT2D eigenvalue weighted by Crippen LogP contribution is 2.32. The molecule has 0 bridgehead atoms. The molecule has 32 heavy (non-hydrogen) atoms. The first-order valence-corrected chi connectivity index (χ1v) is 10.3. The van der Waals surface area contributed by atoms with E-state index in [2.05, 4.69) is 20.4 Å². The molecule has 0 aliphatic rings. The Kier molecular flexibility index (Phi) is 6.16. The molecule has 0 aliphatic carbocycles. The second-order valence-electron chi connectivity index (χ2n) is 6.88. The van der Waals surface area contributed by atoms with E-state index in [0.29, 0.717) is 44.6 Å². The molecule has 0 aliphatic heterocycles. The summed E-state index contributed by atoms with van der Waals surface area (Å²) in [6.45, 7) is 2.09. The molecule has 0 saturated heterocycles. The van der Waals surface area contributed by atoms with Gasteiger partial charge in [0.25, 0.3) is 5.91 Å². The number of amides is 1. The summed E-state index contributed by atoms with van der Waals surface area (Å²) in [5, 5.41) is 8.80. The number of hydrogen-bond donors (Lipinski definition) is 1. The van der Waals surface area contributed by atoms with Gasteiger partial charge < -0.3 is 14.8 Å². The number of halogens is 2. The minimum Gasteiger partial charge on any atom is -0.493 e. The third-order valence-corrected chi connectivity index (χ3v) is 5.53. The zero-order valence-corrected chi connectivity index (χ0v) is 19.0. The summed E-state index contributed by atoms with van der Waals surface area (Å²) >= 11 is 12.5. The lowest BCUT2D eigenvalue weighted by atomic mass is 10.2. The maximum atomic E-state index is 12.8. The molecule has 3 aromatic heterocycles. The number of ether oxygens (including phenoxy) is 2. The molecule has 8 nitrogen and oxygen atoms in total. The van der Waals surface area contributed by atoms with E-state index in [1.807, 2.05) is 6.92 Å². The number of nitrogens with zero attached hydrogens (tertiary/aromatic N) is 4. The van der Waals surface area contributed by atoms with Gasteiger partial charge in [0.15, 0.2) is 17.1 Å². The van der Waals surface area contributed by atoms with E-state index in [1.165, 1.54) is 6.20 Å². The van der Waals surface area contributed by atoms with Crippen LogP contribution in [0.15, 0.2) is 42.7 Å². The average molecular weight is 472 g/mol. The van der Waals surface area contributed by atoms with Gasteiger partial charge in [-0.2, -0.15) is 5.10 Å². The number of hydrogen-bond acceptors (Lipinski definition) is 6. The Bertz CT molecular complexity index is 1310. The van der Waals surface area contributed by atoms with Crippen LogP contribution < -0.4 is 14.8 Å². The smallest absolute Gasteiger partial charge is 0.258 e. The van der Waals surface area contributed by atoms with Crippen molar-refractivity contribution in [2.24, 2.45) is 0 Å². The largest absolute Gasteiger partial charge is 0.493 e. The molecule has 0 fully saturated rings. The number of carbonyl (C=O) groups excluding carboxylic acids is 1. The lowest BCUT2D eigenvalue weighted by molar-refractivity contribution is 0.102. The lowest BCUT2D eigenvalue weighted by Crippen LogP contribution is -2.13. The lowest BCUT2D eigenvalue weighted by Gasteiger charge is -2.12. The molecule has 0 saturated carbocycles. The van der Waals surface area contributed by atoms with Gasteiger partial charge >= 0.3 is 0 Å². The van der Waals surface area contributed by atoms with E-state index in [-0.39, 0.29) is 23.0 Å². The number of methoxy groups -OCH3 is 2. The van der Waals surface area contributed by atoms with Crippen molar-refractivity contribution in [3.05, 3.63) is 69.7 Å². The van der Waals surface area contributed by atoms with Crippen LogP contribution in [0.2, 0.25) is 10.0 Å². The van der Waals surface area contributed by atoms with Crippen molar-refractivity contribution in [2.75, 3.05) is 19.5 Å². The summed E-state index contributed by atoms with van der Waals surface area (Å²) in [5.41, 5.74) is 2.63. The number of rotatable bonds is 6. The van der Waals surface area contributed by atoms with Crippen LogP contribution in [0, 0.1) is 6.92 Å². The first kappa shape index (κ1) is 21.9. The molecule has 0 radical (unpaired) electrons. The van der Waals surface area contributed by atoms with Crippen LogP contribution in [0.4, 0.5) is 5.69 Å². The zero-order valence-electron chi connectivity index (χ0n) is 17.5. The van der Waals surface area contributed by atoms with Crippen LogP contribution >= 0.6 is 23.2 Å². The number of pyridine rings is 2. The van der Waals surface area contributed by atoms with Crippen molar-refractivity contribution >= 4 is 45.8 Å². The molecule has 1 amide bonds. The second-order valence-corrected chi connectivity index (χ2v) is 7.70. The summed E-state index contributed by atoms with van der Waals surface area (Å²) < 4.78 is 12.5. The van der Waals surface area contributed by atoms with Gasteiger partial charge in [0.05, 0.1) is 42.4 Å². The van der Waals surface area contributed by atoms with Crippen molar-refractivity contribution in [3.63, 3.8) is 0 Å². The molecular formula is C22H19Cl2N5O3. The summed E-state index contributed by atoms with van der Waals surface area (Å²) in [7, 11) is 3.11. The van der Waals surface area contributed by atoms with Crippen LogP contribution in [0.1, 0.15) is 21.7 Å². The maximum absolute atomic E-state index is 12.8. The third-order valence-electron chi connectivity index (χ3n) is 4.88. The predicted octanol–water partition coefficient (Wildman–Crippen LogP) is 4.76. The van der Waals surface area contributed by atoms with Crippen molar-refractivity contribution in [2.45, 2.75) is 13.5 Å². The minimum atomic E-state index is -0.380. The molecule has 0 atom stereocenters. The van der Waals surface area contributed by atoms with Crippen molar-refractivity contribution in [1.29, 1.82) is 0 Å². The van der Waals surface area contributed by atoms with Gasteiger partial charge in [-0.25, -0.2) is 9.67 Å². The highest BCUT2D eigenvalue weighted by atomic mass is 35.5. The van der Waals surface area contributed by atoms with E-state index >= 15 is 0 Å². The van der Waals surface area contributed by atoms with Gasteiger partial charge in [0, 0.05) is 29.2 Å². The highest BCUT2D eigenvalue weighted by molar-refractivity contribution is 6.39. The SMILES string of the molecule is COc1ccnc(Cn2nc(C)c3c(Cl)c(C(=O)Nc4ccc(Cl)cc4)cnc32)c1OC. The Hall–Kier alpha value is -3.36. The Morgan fingerprint density at radius 3 is 2.53 bits per heavy atom. The molecule has 10 heteroatoms. The van der Waals surface area contributed by atoms with Gasteiger partial charge in [-0.05, 0) is 31.2 Å². The molecule has 1 N–H and O–H groups in total. The van der Waals surface area contributed by atoms with Gasteiger partial charge in [0.1, 0.15) is 5.69 Å². The normalized spacial score (nSPS) is 10.9. The zero-order chi connectivity index (χ0) is 22.8. The number of benzene rings is 1. The van der Waals surface area contributed by atoms with Crippen LogP contribution in [0.25, 0.3) is 11.0 Å². The van der Waals surface area contributed by atoms with E-state index in [0.717, 1.165) is 0 Å². The fraction of sp³-hybridized carbons (Fsp3) is 0.182. The fourth-order valence-electron chi connectivity index (χ4n) is 3.38. The molecule has 0 unspecified atom stereocenters. The Morgan fingerprint density at radius 1 is 1.09 bits per heavy atom. The van der Waals surface area contributed by atoms with Crippen LogP contribution in [-0.2, 0) is 6.54 Å². The van der Waals surface area contributed by atoms with E-state index in [4.69, 9.17) is 32.7 Å². The number of anilines is 1. The molecule has 4 aromatic rings. The van der Waals surface area contributed by atoms with Crippen molar-refractivity contribution in [1.82, 2.24) is 19.7 Å². The first-order valence-electron chi connectivity index (χ1n) is 9.57. The summed E-state index contributed by atoms with van der Waals surface area (Å²) in [6, 6.07) is 8.51. The quantitative estimate of drug-likeness (QED) is 0.435. The predicted molar refractivity (Wildman–Crippen MR) is 123 cm³/mol.